The molecule has 1 aliphatic carbocycles. The maximum Gasteiger partial charge on any atom is 0.0878 e. The van der Waals surface area contributed by atoms with E-state index < -0.39 is 0 Å². The molecule has 0 aromatic carbocycles. The van der Waals surface area contributed by atoms with Crippen LogP contribution in [0.25, 0.3) is 0 Å². The van der Waals surface area contributed by atoms with Gasteiger partial charge in [0.2, 0.25) is 0 Å². The highest BCUT2D eigenvalue weighted by molar-refractivity contribution is 7.99. The topological polar surface area (TPSA) is 9.23 Å². The Bertz CT molecular complexity index is 233. The Balaban J connectivity index is 1.63. The zero-order chi connectivity index (χ0) is 11.3. The fraction of sp³-hybridized carbons (Fsp3) is 0.857. The van der Waals surface area contributed by atoms with E-state index in [4.69, 9.17) is 4.74 Å². The zero-order valence-electron chi connectivity index (χ0n) is 10.5. The third-order valence-electron chi connectivity index (χ3n) is 3.87. The van der Waals surface area contributed by atoms with Gasteiger partial charge in [0, 0.05) is 0 Å². The van der Waals surface area contributed by atoms with Gasteiger partial charge < -0.3 is 4.74 Å². The molecule has 2 heteroatoms. The second-order valence-electron chi connectivity index (χ2n) is 5.57. The number of allylic oxidation sites excluding steroid dienone is 1. The largest absolute Gasteiger partial charge is 0.501 e. The second kappa shape index (κ2) is 6.00. The molecule has 0 spiro atoms. The van der Waals surface area contributed by atoms with E-state index in [-0.39, 0.29) is 0 Å². The molecule has 1 aliphatic heterocycles. The molecular weight excluding hydrogens is 216 g/mol. The summed E-state index contributed by atoms with van der Waals surface area (Å²) < 4.78 is 5.73. The van der Waals surface area contributed by atoms with Crippen molar-refractivity contribution in [3.63, 3.8) is 0 Å². The van der Waals surface area contributed by atoms with Gasteiger partial charge in [-0.15, -0.1) is 0 Å². The van der Waals surface area contributed by atoms with Crippen molar-refractivity contribution < 1.29 is 4.74 Å². The van der Waals surface area contributed by atoms with Crippen LogP contribution in [0.1, 0.15) is 51.9 Å². The predicted octanol–water partition coefficient (Wildman–Crippen LogP) is 4.38. The van der Waals surface area contributed by atoms with Crippen molar-refractivity contribution in [1.29, 1.82) is 0 Å². The number of ether oxygens (including phenoxy) is 1. The van der Waals surface area contributed by atoms with Gasteiger partial charge in [0.25, 0.3) is 0 Å². The zero-order valence-corrected chi connectivity index (χ0v) is 11.3. The minimum absolute atomic E-state index is 0.551. The van der Waals surface area contributed by atoms with E-state index in [0.29, 0.717) is 5.41 Å². The van der Waals surface area contributed by atoms with E-state index in [9.17, 15) is 0 Å². The van der Waals surface area contributed by atoms with E-state index >= 15 is 0 Å². The summed E-state index contributed by atoms with van der Waals surface area (Å²) in [4.78, 5) is 0. The van der Waals surface area contributed by atoms with Gasteiger partial charge in [0.05, 0.1) is 12.9 Å². The number of rotatable bonds is 4. The summed E-state index contributed by atoms with van der Waals surface area (Å²) in [6, 6.07) is 0. The van der Waals surface area contributed by atoms with Crippen molar-refractivity contribution in [3.8, 4) is 0 Å². The van der Waals surface area contributed by atoms with Gasteiger partial charge in [0.1, 0.15) is 0 Å². The van der Waals surface area contributed by atoms with Crippen LogP contribution >= 0.6 is 11.8 Å². The summed E-state index contributed by atoms with van der Waals surface area (Å²) in [5, 5.41) is 0. The minimum Gasteiger partial charge on any atom is -0.501 e. The van der Waals surface area contributed by atoms with E-state index in [1.54, 1.807) is 0 Å². The van der Waals surface area contributed by atoms with Gasteiger partial charge in [-0.3, -0.25) is 0 Å². The molecule has 0 radical (unpaired) electrons. The molecule has 2 fully saturated rings. The van der Waals surface area contributed by atoms with E-state index in [0.717, 1.165) is 6.61 Å². The van der Waals surface area contributed by atoms with Crippen LogP contribution in [-0.4, -0.2) is 18.1 Å². The molecule has 0 aromatic rings. The predicted molar refractivity (Wildman–Crippen MR) is 71.8 cm³/mol. The molecule has 2 aliphatic rings. The third-order valence-corrected chi connectivity index (χ3v) is 5.26. The number of hydrogen-bond donors (Lipinski definition) is 0. The summed E-state index contributed by atoms with van der Waals surface area (Å²) in [6.45, 7) is 3.32. The van der Waals surface area contributed by atoms with Crippen LogP contribution in [0, 0.1) is 5.41 Å². The Labute approximate surface area is 104 Å². The van der Waals surface area contributed by atoms with Crippen LogP contribution in [0.5, 0.6) is 0 Å². The van der Waals surface area contributed by atoms with Crippen LogP contribution in [0.15, 0.2) is 11.8 Å². The molecule has 0 bridgehead atoms. The standard InChI is InChI=1S/C14H24OS/c1-14(8-10-16-12-14)7-9-15-11-13-5-3-2-4-6-13/h11H,2-10,12H2,1H3. The molecule has 1 unspecified atom stereocenters. The Hall–Kier alpha value is -0.110. The van der Waals surface area contributed by atoms with Crippen LogP contribution in [0.3, 0.4) is 0 Å². The van der Waals surface area contributed by atoms with Crippen molar-refractivity contribution >= 4 is 11.8 Å². The average molecular weight is 240 g/mol. The quantitative estimate of drug-likeness (QED) is 0.532. The average Bonchev–Trinajstić information content (AvgIpc) is 2.74. The first-order valence-electron chi connectivity index (χ1n) is 6.66. The lowest BCUT2D eigenvalue weighted by atomic mass is 9.87. The molecule has 0 N–H and O–H groups in total. The molecule has 0 amide bonds. The first-order chi connectivity index (χ1) is 7.79. The summed E-state index contributed by atoms with van der Waals surface area (Å²) in [7, 11) is 0. The fourth-order valence-corrected chi connectivity index (χ4v) is 4.08. The number of thioether (sulfide) groups is 1. The van der Waals surface area contributed by atoms with Crippen LogP contribution in [0.2, 0.25) is 0 Å². The minimum atomic E-state index is 0.551. The van der Waals surface area contributed by atoms with Crippen molar-refractivity contribution in [2.75, 3.05) is 18.1 Å². The first kappa shape index (κ1) is 12.3. The molecule has 1 atom stereocenters. The van der Waals surface area contributed by atoms with Gasteiger partial charge in [-0.1, -0.05) is 13.3 Å². The van der Waals surface area contributed by atoms with Gasteiger partial charge in [-0.2, -0.15) is 11.8 Å². The third kappa shape index (κ3) is 3.73. The molecule has 1 heterocycles. The van der Waals surface area contributed by atoms with Crippen molar-refractivity contribution in [1.82, 2.24) is 0 Å². The van der Waals surface area contributed by atoms with Crippen molar-refractivity contribution in [2.24, 2.45) is 5.41 Å². The number of hydrogen-bond acceptors (Lipinski definition) is 2. The maximum atomic E-state index is 5.73. The van der Waals surface area contributed by atoms with Gasteiger partial charge in [-0.05, 0) is 61.0 Å². The Morgan fingerprint density at radius 2 is 2.12 bits per heavy atom. The lowest BCUT2D eigenvalue weighted by molar-refractivity contribution is 0.187. The van der Waals surface area contributed by atoms with Crippen molar-refractivity contribution in [3.05, 3.63) is 11.8 Å². The molecule has 1 saturated carbocycles. The summed E-state index contributed by atoms with van der Waals surface area (Å²) in [5.74, 6) is 2.67. The highest BCUT2D eigenvalue weighted by atomic mass is 32.2. The summed E-state index contributed by atoms with van der Waals surface area (Å²) in [5.41, 5.74) is 2.09. The highest BCUT2D eigenvalue weighted by Crippen LogP contribution is 2.38. The van der Waals surface area contributed by atoms with Crippen LogP contribution in [-0.2, 0) is 4.74 Å². The fourth-order valence-electron chi connectivity index (χ4n) is 2.51. The molecule has 1 nitrogen and oxygen atoms in total. The smallest absolute Gasteiger partial charge is 0.0878 e. The Kier molecular flexibility index (Phi) is 4.63. The highest BCUT2D eigenvalue weighted by Gasteiger charge is 2.28. The lowest BCUT2D eigenvalue weighted by Crippen LogP contribution is -2.17. The SMILES string of the molecule is CC1(CCOC=C2CCCCC2)CCSC1. The molecule has 16 heavy (non-hydrogen) atoms. The van der Waals surface area contributed by atoms with E-state index in [1.807, 2.05) is 0 Å². The van der Waals surface area contributed by atoms with Gasteiger partial charge in [-0.25, -0.2) is 0 Å². The monoisotopic (exact) mass is 240 g/mol. The summed E-state index contributed by atoms with van der Waals surface area (Å²) in [6.07, 6.45) is 11.3. The molecule has 2 rings (SSSR count). The Morgan fingerprint density at radius 1 is 1.31 bits per heavy atom. The van der Waals surface area contributed by atoms with Crippen LogP contribution < -0.4 is 0 Å². The maximum absolute atomic E-state index is 5.73. The normalized spacial score (nSPS) is 30.4. The van der Waals surface area contributed by atoms with Gasteiger partial charge >= 0.3 is 0 Å². The van der Waals surface area contributed by atoms with Crippen LogP contribution in [0.4, 0.5) is 0 Å². The second-order valence-corrected chi connectivity index (χ2v) is 6.68. The molecule has 92 valence electrons. The molecule has 1 saturated heterocycles. The van der Waals surface area contributed by atoms with E-state index in [2.05, 4.69) is 24.9 Å². The summed E-state index contributed by atoms with van der Waals surface area (Å²) >= 11 is 2.10. The van der Waals surface area contributed by atoms with Crippen molar-refractivity contribution in [2.45, 2.75) is 51.9 Å². The Morgan fingerprint density at radius 3 is 2.81 bits per heavy atom. The van der Waals surface area contributed by atoms with E-state index in [1.165, 1.54) is 62.0 Å². The van der Waals surface area contributed by atoms with Gasteiger partial charge in [0.15, 0.2) is 0 Å². The molecular formula is C14H24OS. The lowest BCUT2D eigenvalue weighted by Gasteiger charge is -2.22. The first-order valence-corrected chi connectivity index (χ1v) is 7.81. The molecule has 0 aromatic heterocycles.